The molecular weight excluding hydrogens is 476 g/mol. The molecule has 12 atom stereocenters. The number of aliphatic carboxylic acids is 1. The zero-order chi connectivity index (χ0) is 27.3. The third-order valence-corrected chi connectivity index (χ3v) is 11.4. The average Bonchev–Trinajstić information content (AvgIpc) is 3.17. The van der Waals surface area contributed by atoms with Gasteiger partial charge in [0.05, 0.1) is 24.7 Å². The van der Waals surface area contributed by atoms with E-state index < -0.39 is 42.5 Å². The Balaban J connectivity index is 1.44. The summed E-state index contributed by atoms with van der Waals surface area (Å²) in [6.07, 6.45) is 4.71. The SMILES string of the molecule is C[C@H](CCC(=O)N[C@@H](CC(N)=O)C(=O)O)[C@H]1CC[C@H]2[C@@H]3[C@H](O)C[C@@H]4C[C@H](O)CC[C@]4(C)[C@H]3C[C@H](O)[C@]12C. The first-order valence-corrected chi connectivity index (χ1v) is 14.1. The maximum Gasteiger partial charge on any atom is 0.326 e. The molecule has 4 aliphatic rings. The van der Waals surface area contributed by atoms with Gasteiger partial charge in [-0.1, -0.05) is 20.8 Å². The van der Waals surface area contributed by atoms with Crippen molar-refractivity contribution in [3.05, 3.63) is 0 Å². The number of fused-ring (bicyclic) bond motifs is 5. The highest BCUT2D eigenvalue weighted by Crippen LogP contribution is 2.68. The van der Waals surface area contributed by atoms with Crippen molar-refractivity contribution in [2.75, 3.05) is 0 Å². The summed E-state index contributed by atoms with van der Waals surface area (Å²) in [6, 6.07) is -1.33. The van der Waals surface area contributed by atoms with E-state index in [4.69, 9.17) is 5.73 Å². The lowest BCUT2D eigenvalue weighted by molar-refractivity contribution is -0.207. The van der Waals surface area contributed by atoms with Gasteiger partial charge < -0.3 is 31.5 Å². The van der Waals surface area contributed by atoms with E-state index in [-0.39, 0.29) is 58.9 Å². The van der Waals surface area contributed by atoms with Crippen molar-refractivity contribution >= 4 is 17.8 Å². The molecule has 37 heavy (non-hydrogen) atoms. The van der Waals surface area contributed by atoms with Gasteiger partial charge in [-0.05, 0) is 97.7 Å². The van der Waals surface area contributed by atoms with Crippen LogP contribution in [0.5, 0.6) is 0 Å². The molecule has 0 aromatic heterocycles. The van der Waals surface area contributed by atoms with E-state index in [1.807, 2.05) is 0 Å². The smallest absolute Gasteiger partial charge is 0.326 e. The molecular formula is C28H46N2O7. The maximum absolute atomic E-state index is 12.5. The van der Waals surface area contributed by atoms with E-state index in [1.54, 1.807) is 0 Å². The zero-order valence-corrected chi connectivity index (χ0v) is 22.4. The Hall–Kier alpha value is -1.71. The minimum Gasteiger partial charge on any atom is -0.480 e. The number of primary amides is 1. The summed E-state index contributed by atoms with van der Waals surface area (Å²) in [5, 5.41) is 45.0. The lowest BCUT2D eigenvalue weighted by Gasteiger charge is -2.63. The Labute approximate surface area is 219 Å². The molecule has 4 saturated carbocycles. The predicted molar refractivity (Wildman–Crippen MR) is 136 cm³/mol. The van der Waals surface area contributed by atoms with Crippen molar-refractivity contribution in [1.29, 1.82) is 0 Å². The zero-order valence-electron chi connectivity index (χ0n) is 22.4. The second-order valence-electron chi connectivity index (χ2n) is 13.2. The van der Waals surface area contributed by atoms with E-state index in [1.165, 1.54) is 0 Å². The van der Waals surface area contributed by atoms with E-state index in [2.05, 4.69) is 26.1 Å². The molecule has 0 radical (unpaired) electrons. The van der Waals surface area contributed by atoms with Crippen LogP contribution in [0.1, 0.15) is 85.0 Å². The topological polar surface area (TPSA) is 170 Å². The Morgan fingerprint density at radius 3 is 2.38 bits per heavy atom. The van der Waals surface area contributed by atoms with Crippen LogP contribution in [-0.4, -0.2) is 62.6 Å². The highest BCUT2D eigenvalue weighted by molar-refractivity contribution is 5.88. The molecule has 9 heteroatoms. The molecule has 4 fully saturated rings. The van der Waals surface area contributed by atoms with Crippen LogP contribution in [0, 0.1) is 46.3 Å². The number of carboxylic acid groups (broad SMARTS) is 1. The molecule has 2 amide bonds. The second-order valence-corrected chi connectivity index (χ2v) is 13.2. The van der Waals surface area contributed by atoms with E-state index in [9.17, 15) is 34.8 Å². The predicted octanol–water partition coefficient (Wildman–Crippen LogP) is 1.81. The molecule has 0 heterocycles. The Morgan fingerprint density at radius 2 is 1.73 bits per heavy atom. The minimum atomic E-state index is -1.33. The van der Waals surface area contributed by atoms with Crippen LogP contribution in [0.15, 0.2) is 0 Å². The number of hydrogen-bond acceptors (Lipinski definition) is 6. The minimum absolute atomic E-state index is 0.0266. The van der Waals surface area contributed by atoms with Crippen LogP contribution in [-0.2, 0) is 14.4 Å². The molecule has 0 unspecified atom stereocenters. The fourth-order valence-electron chi connectivity index (χ4n) is 9.36. The lowest BCUT2D eigenvalue weighted by Crippen LogP contribution is -2.62. The summed E-state index contributed by atoms with van der Waals surface area (Å²) >= 11 is 0. The van der Waals surface area contributed by atoms with Gasteiger partial charge in [-0.3, -0.25) is 9.59 Å². The van der Waals surface area contributed by atoms with Gasteiger partial charge in [0.2, 0.25) is 11.8 Å². The van der Waals surface area contributed by atoms with Gasteiger partial charge in [-0.25, -0.2) is 4.79 Å². The molecule has 4 aliphatic carbocycles. The summed E-state index contributed by atoms with van der Waals surface area (Å²) in [7, 11) is 0. The molecule has 0 aliphatic heterocycles. The number of aliphatic hydroxyl groups excluding tert-OH is 3. The Morgan fingerprint density at radius 1 is 1.03 bits per heavy atom. The monoisotopic (exact) mass is 522 g/mol. The van der Waals surface area contributed by atoms with E-state index in [0.29, 0.717) is 19.3 Å². The third-order valence-electron chi connectivity index (χ3n) is 11.4. The molecule has 0 spiro atoms. The van der Waals surface area contributed by atoms with Gasteiger partial charge in [0, 0.05) is 6.42 Å². The van der Waals surface area contributed by atoms with Crippen molar-refractivity contribution in [3.63, 3.8) is 0 Å². The molecule has 210 valence electrons. The molecule has 0 aromatic carbocycles. The van der Waals surface area contributed by atoms with Crippen LogP contribution in [0.3, 0.4) is 0 Å². The van der Waals surface area contributed by atoms with Gasteiger partial charge in [0.15, 0.2) is 0 Å². The number of amides is 2. The largest absolute Gasteiger partial charge is 0.480 e. The van der Waals surface area contributed by atoms with Gasteiger partial charge >= 0.3 is 5.97 Å². The van der Waals surface area contributed by atoms with Crippen LogP contribution in [0.2, 0.25) is 0 Å². The number of aliphatic hydroxyl groups is 3. The fraction of sp³-hybridized carbons (Fsp3) is 0.893. The first-order chi connectivity index (χ1) is 17.3. The average molecular weight is 523 g/mol. The number of rotatable bonds is 8. The molecule has 7 N–H and O–H groups in total. The van der Waals surface area contributed by atoms with Crippen LogP contribution in [0.25, 0.3) is 0 Å². The van der Waals surface area contributed by atoms with Gasteiger partial charge in [-0.15, -0.1) is 0 Å². The van der Waals surface area contributed by atoms with E-state index >= 15 is 0 Å². The molecule has 0 saturated heterocycles. The standard InChI is InChI=1S/C28H46N2O7/c1-14(4-7-24(35)30-20(26(36)37)13-23(29)34)17-5-6-18-25-19(12-22(33)28(17,18)3)27(2)9-8-16(31)10-15(27)11-21(25)32/h14-22,25,31-33H,4-13H2,1-3H3,(H2,29,34)(H,30,35)(H,36,37)/t14-,15+,16-,17-,18+,19+,20+,21-,22+,25+,27+,28-/m1/s1. The number of nitrogens with one attached hydrogen (secondary N) is 1. The quantitative estimate of drug-likeness (QED) is 0.282. The van der Waals surface area contributed by atoms with Crippen molar-refractivity contribution < 1.29 is 34.8 Å². The van der Waals surface area contributed by atoms with Gasteiger partial charge in [0.25, 0.3) is 0 Å². The Kier molecular flexibility index (Phi) is 8.00. The normalized spacial score (nSPS) is 44.6. The van der Waals surface area contributed by atoms with Gasteiger partial charge in [0.1, 0.15) is 6.04 Å². The summed E-state index contributed by atoms with van der Waals surface area (Å²) < 4.78 is 0. The lowest BCUT2D eigenvalue weighted by atomic mass is 9.43. The number of carbonyl (C=O) groups excluding carboxylic acids is 2. The Bertz CT molecular complexity index is 898. The van der Waals surface area contributed by atoms with Crippen molar-refractivity contribution in [1.82, 2.24) is 5.32 Å². The summed E-state index contributed by atoms with van der Waals surface area (Å²) in [4.78, 5) is 34.9. The first kappa shape index (κ1) is 28.3. The highest BCUT2D eigenvalue weighted by atomic mass is 16.4. The second kappa shape index (κ2) is 10.5. The van der Waals surface area contributed by atoms with Crippen molar-refractivity contribution in [2.45, 2.75) is 109 Å². The number of hydrogen-bond donors (Lipinski definition) is 6. The molecule has 9 nitrogen and oxygen atoms in total. The van der Waals surface area contributed by atoms with E-state index in [0.717, 1.165) is 32.1 Å². The van der Waals surface area contributed by atoms with Gasteiger partial charge in [-0.2, -0.15) is 0 Å². The number of carboxylic acids is 1. The molecule has 4 rings (SSSR count). The molecule has 0 bridgehead atoms. The summed E-state index contributed by atoms with van der Waals surface area (Å²) in [5.74, 6) is -1.34. The molecule has 0 aromatic rings. The van der Waals surface area contributed by atoms with Crippen molar-refractivity contribution in [2.24, 2.45) is 52.1 Å². The van der Waals surface area contributed by atoms with Crippen LogP contribution >= 0.6 is 0 Å². The summed E-state index contributed by atoms with van der Waals surface area (Å²) in [5.41, 5.74) is 4.77. The van der Waals surface area contributed by atoms with Crippen LogP contribution in [0.4, 0.5) is 0 Å². The third kappa shape index (κ3) is 5.03. The highest BCUT2D eigenvalue weighted by Gasteiger charge is 2.65. The first-order valence-electron chi connectivity index (χ1n) is 14.1. The van der Waals surface area contributed by atoms with Crippen LogP contribution < -0.4 is 11.1 Å². The number of carbonyl (C=O) groups is 3. The summed E-state index contributed by atoms with van der Waals surface area (Å²) in [6.45, 7) is 6.59. The maximum atomic E-state index is 12.5. The van der Waals surface area contributed by atoms with Crippen molar-refractivity contribution in [3.8, 4) is 0 Å². The fourth-order valence-corrected chi connectivity index (χ4v) is 9.36. The number of nitrogens with two attached hydrogens (primary N) is 1.